The number of hydrogen-bond acceptors (Lipinski definition) is 6. The molecule has 6 heteroatoms. The summed E-state index contributed by atoms with van der Waals surface area (Å²) in [6, 6.07) is 14.3. The van der Waals surface area contributed by atoms with Gasteiger partial charge in [-0.05, 0) is 61.7 Å². The van der Waals surface area contributed by atoms with Crippen LogP contribution in [0.5, 0.6) is 0 Å². The molecule has 2 fully saturated rings. The minimum atomic E-state index is -0.435. The number of aliphatic hydroxyl groups is 1. The summed E-state index contributed by atoms with van der Waals surface area (Å²) in [5.74, 6) is 0.484. The van der Waals surface area contributed by atoms with E-state index in [4.69, 9.17) is 18.6 Å². The van der Waals surface area contributed by atoms with Gasteiger partial charge in [0, 0.05) is 17.7 Å². The predicted octanol–water partition coefficient (Wildman–Crippen LogP) is 5.28. The SMILES string of the molecule is CC1(C)OC2CCOC2O1.Cc1ccc(CO)cc1Cc1ccc(-c2ccco2)s1. The van der Waals surface area contributed by atoms with E-state index in [-0.39, 0.29) is 19.0 Å². The Balaban J connectivity index is 0.000000181. The van der Waals surface area contributed by atoms with Gasteiger partial charge in [0.05, 0.1) is 24.4 Å². The largest absolute Gasteiger partial charge is 0.464 e. The number of furan rings is 1. The van der Waals surface area contributed by atoms with Gasteiger partial charge in [-0.3, -0.25) is 0 Å². The quantitative estimate of drug-likeness (QED) is 0.612. The predicted molar refractivity (Wildman–Crippen MR) is 116 cm³/mol. The third-order valence-electron chi connectivity index (χ3n) is 5.21. The maximum atomic E-state index is 9.24. The Morgan fingerprint density at radius 1 is 1.13 bits per heavy atom. The van der Waals surface area contributed by atoms with Crippen LogP contribution in [0.3, 0.4) is 0 Å². The summed E-state index contributed by atoms with van der Waals surface area (Å²) in [6.45, 7) is 6.79. The van der Waals surface area contributed by atoms with Gasteiger partial charge < -0.3 is 23.7 Å². The fourth-order valence-corrected chi connectivity index (χ4v) is 4.66. The Labute approximate surface area is 181 Å². The number of ether oxygens (including phenoxy) is 3. The zero-order valence-electron chi connectivity index (χ0n) is 17.6. The third kappa shape index (κ3) is 5.02. The Kier molecular flexibility index (Phi) is 6.41. The smallest absolute Gasteiger partial charge is 0.187 e. The van der Waals surface area contributed by atoms with Gasteiger partial charge in [0.25, 0.3) is 0 Å². The van der Waals surface area contributed by atoms with E-state index in [1.54, 1.807) is 17.6 Å². The fourth-order valence-electron chi connectivity index (χ4n) is 3.67. The van der Waals surface area contributed by atoms with Crippen LogP contribution in [-0.2, 0) is 27.2 Å². The molecule has 4 heterocycles. The van der Waals surface area contributed by atoms with Crippen LogP contribution in [0.15, 0.2) is 53.1 Å². The molecule has 2 atom stereocenters. The second kappa shape index (κ2) is 9.04. The number of thiophene rings is 1. The molecule has 0 aliphatic carbocycles. The molecular formula is C24H28O5S. The van der Waals surface area contributed by atoms with Crippen LogP contribution < -0.4 is 0 Å². The summed E-state index contributed by atoms with van der Waals surface area (Å²) in [7, 11) is 0. The maximum absolute atomic E-state index is 9.24. The lowest BCUT2D eigenvalue weighted by molar-refractivity contribution is -0.192. The van der Waals surface area contributed by atoms with E-state index in [1.807, 2.05) is 32.0 Å². The second-order valence-electron chi connectivity index (χ2n) is 8.04. The molecule has 5 nitrogen and oxygen atoms in total. The van der Waals surface area contributed by atoms with E-state index in [2.05, 4.69) is 31.2 Å². The average Bonchev–Trinajstić information content (AvgIpc) is 3.48. The highest BCUT2D eigenvalue weighted by Crippen LogP contribution is 2.34. The van der Waals surface area contributed by atoms with Crippen LogP contribution in [0.4, 0.5) is 0 Å². The standard InChI is InChI=1S/C17H16O2S.C7H12O3/c1-12-4-5-13(11-18)9-14(12)10-15-6-7-17(20-15)16-3-2-8-19-16;1-7(2)9-5-3-4-8-6(5)10-7/h2-9,18H,10-11H2,1H3;5-6H,3-4H2,1-2H3. The molecule has 1 aromatic carbocycles. The summed E-state index contributed by atoms with van der Waals surface area (Å²) in [5, 5.41) is 9.24. The van der Waals surface area contributed by atoms with Gasteiger partial charge >= 0.3 is 0 Å². The zero-order chi connectivity index (χ0) is 21.1. The molecule has 0 radical (unpaired) electrons. The zero-order valence-corrected chi connectivity index (χ0v) is 18.4. The first-order valence-electron chi connectivity index (χ1n) is 10.2. The number of aliphatic hydroxyl groups excluding tert-OH is 1. The first-order valence-corrected chi connectivity index (χ1v) is 11.0. The van der Waals surface area contributed by atoms with Crippen molar-refractivity contribution in [2.24, 2.45) is 0 Å². The first kappa shape index (κ1) is 21.3. The molecule has 3 aromatic rings. The van der Waals surface area contributed by atoms with E-state index in [1.165, 1.54) is 16.0 Å². The average molecular weight is 429 g/mol. The third-order valence-corrected chi connectivity index (χ3v) is 6.31. The molecule has 2 saturated heterocycles. The number of fused-ring (bicyclic) bond motifs is 1. The lowest BCUT2D eigenvalue weighted by Crippen LogP contribution is -2.22. The van der Waals surface area contributed by atoms with Crippen LogP contribution in [0, 0.1) is 6.92 Å². The van der Waals surface area contributed by atoms with Crippen LogP contribution in [-0.4, -0.2) is 29.9 Å². The summed E-state index contributed by atoms with van der Waals surface area (Å²) >= 11 is 1.75. The van der Waals surface area contributed by atoms with Crippen molar-refractivity contribution in [3.8, 4) is 10.6 Å². The minimum Gasteiger partial charge on any atom is -0.464 e. The van der Waals surface area contributed by atoms with Gasteiger partial charge in [-0.15, -0.1) is 11.3 Å². The van der Waals surface area contributed by atoms with E-state index in [0.717, 1.165) is 35.6 Å². The molecule has 30 heavy (non-hydrogen) atoms. The van der Waals surface area contributed by atoms with Crippen molar-refractivity contribution in [3.05, 3.63) is 70.3 Å². The Morgan fingerprint density at radius 3 is 2.73 bits per heavy atom. The summed E-state index contributed by atoms with van der Waals surface area (Å²) < 4.78 is 21.6. The lowest BCUT2D eigenvalue weighted by Gasteiger charge is -2.17. The number of hydrogen-bond donors (Lipinski definition) is 1. The molecule has 1 N–H and O–H groups in total. The molecule has 0 bridgehead atoms. The normalized spacial score (nSPS) is 21.9. The molecule has 2 unspecified atom stereocenters. The molecule has 0 spiro atoms. The molecule has 160 valence electrons. The van der Waals surface area contributed by atoms with Crippen molar-refractivity contribution in [1.29, 1.82) is 0 Å². The van der Waals surface area contributed by atoms with Gasteiger partial charge in [0.15, 0.2) is 12.1 Å². The van der Waals surface area contributed by atoms with Gasteiger partial charge in [0.2, 0.25) is 0 Å². The van der Waals surface area contributed by atoms with Gasteiger partial charge in [0.1, 0.15) is 11.9 Å². The van der Waals surface area contributed by atoms with Crippen molar-refractivity contribution in [3.63, 3.8) is 0 Å². The molecule has 0 amide bonds. The van der Waals surface area contributed by atoms with Crippen molar-refractivity contribution in [2.75, 3.05) is 6.61 Å². The highest BCUT2D eigenvalue weighted by atomic mass is 32.1. The number of rotatable bonds is 4. The van der Waals surface area contributed by atoms with Crippen LogP contribution in [0.1, 0.15) is 41.8 Å². The van der Waals surface area contributed by atoms with Gasteiger partial charge in [-0.25, -0.2) is 0 Å². The molecule has 2 aliphatic rings. The fraction of sp³-hybridized carbons (Fsp3) is 0.417. The molecule has 2 aliphatic heterocycles. The van der Waals surface area contributed by atoms with E-state index in [9.17, 15) is 5.11 Å². The summed E-state index contributed by atoms with van der Waals surface area (Å²) in [5.41, 5.74) is 3.49. The van der Waals surface area contributed by atoms with Crippen molar-refractivity contribution < 1.29 is 23.7 Å². The monoisotopic (exact) mass is 428 g/mol. The van der Waals surface area contributed by atoms with E-state index in [0.29, 0.717) is 0 Å². The van der Waals surface area contributed by atoms with E-state index < -0.39 is 5.79 Å². The van der Waals surface area contributed by atoms with Crippen LogP contribution in [0.25, 0.3) is 10.6 Å². The van der Waals surface area contributed by atoms with Crippen molar-refractivity contribution in [2.45, 2.75) is 58.4 Å². The number of aryl methyl sites for hydroxylation is 1. The van der Waals surface area contributed by atoms with Crippen LogP contribution in [0.2, 0.25) is 0 Å². The first-order chi connectivity index (χ1) is 14.4. The van der Waals surface area contributed by atoms with Crippen molar-refractivity contribution in [1.82, 2.24) is 0 Å². The molecule has 2 aromatic heterocycles. The topological polar surface area (TPSA) is 61.1 Å². The Morgan fingerprint density at radius 2 is 2.00 bits per heavy atom. The Hall–Kier alpha value is -1.96. The highest BCUT2D eigenvalue weighted by Gasteiger charge is 2.44. The molecule has 0 saturated carbocycles. The van der Waals surface area contributed by atoms with Crippen molar-refractivity contribution >= 4 is 11.3 Å². The maximum Gasteiger partial charge on any atom is 0.187 e. The molecule has 5 rings (SSSR count). The summed E-state index contributed by atoms with van der Waals surface area (Å²) in [6.07, 6.45) is 3.63. The van der Waals surface area contributed by atoms with Gasteiger partial charge in [-0.1, -0.05) is 18.2 Å². The van der Waals surface area contributed by atoms with Gasteiger partial charge in [-0.2, -0.15) is 0 Å². The number of benzene rings is 1. The van der Waals surface area contributed by atoms with E-state index >= 15 is 0 Å². The molecular weight excluding hydrogens is 400 g/mol. The highest BCUT2D eigenvalue weighted by molar-refractivity contribution is 7.15. The second-order valence-corrected chi connectivity index (χ2v) is 9.21. The van der Waals surface area contributed by atoms with Crippen LogP contribution >= 0.6 is 11.3 Å². The lowest BCUT2D eigenvalue weighted by atomic mass is 10.0. The minimum absolute atomic E-state index is 0.0926. The summed E-state index contributed by atoms with van der Waals surface area (Å²) in [4.78, 5) is 2.45. The Bertz CT molecular complexity index is 946.